The quantitative estimate of drug-likeness (QED) is 0.937. The summed E-state index contributed by atoms with van der Waals surface area (Å²) in [6.45, 7) is 1.54. The maximum absolute atomic E-state index is 12.9. The minimum atomic E-state index is -0.820. The third kappa shape index (κ3) is 3.45. The van der Waals surface area contributed by atoms with Crippen LogP contribution in [0.5, 0.6) is 5.75 Å². The van der Waals surface area contributed by atoms with Gasteiger partial charge in [-0.25, -0.2) is 4.39 Å². The van der Waals surface area contributed by atoms with Crippen molar-refractivity contribution in [1.29, 1.82) is 0 Å². The fourth-order valence-corrected chi connectivity index (χ4v) is 1.53. The van der Waals surface area contributed by atoms with E-state index in [1.54, 1.807) is 0 Å². The third-order valence-corrected chi connectivity index (χ3v) is 2.55. The first-order valence-electron chi connectivity index (χ1n) is 5.39. The molecule has 1 heterocycles. The molecular weight excluding hydrogens is 275 g/mol. The fourth-order valence-electron chi connectivity index (χ4n) is 1.32. The van der Waals surface area contributed by atoms with Crippen LogP contribution in [0.15, 0.2) is 35.1 Å². The van der Waals surface area contributed by atoms with Crippen LogP contribution < -0.4 is 10.1 Å². The SMILES string of the molecule is CC(Oc1ccc(F)cc1Cl)C(=O)Nc1ccon1. The largest absolute Gasteiger partial charge is 0.479 e. The number of halogens is 2. The molecule has 7 heteroatoms. The second-order valence-corrected chi connectivity index (χ2v) is 4.12. The number of hydrogen-bond acceptors (Lipinski definition) is 4. The number of hydrogen-bond donors (Lipinski definition) is 1. The molecule has 1 unspecified atom stereocenters. The lowest BCUT2D eigenvalue weighted by Crippen LogP contribution is -2.30. The summed E-state index contributed by atoms with van der Waals surface area (Å²) in [5.74, 6) is -0.386. The van der Waals surface area contributed by atoms with Crippen LogP contribution in [0, 0.1) is 5.82 Å². The second kappa shape index (κ2) is 5.71. The molecule has 1 aromatic carbocycles. The van der Waals surface area contributed by atoms with Crippen molar-refractivity contribution in [3.05, 3.63) is 41.4 Å². The van der Waals surface area contributed by atoms with Crippen LogP contribution in [0.25, 0.3) is 0 Å². The molecular formula is C12H10ClFN2O3. The Kier molecular flexibility index (Phi) is 4.01. The van der Waals surface area contributed by atoms with Crippen molar-refractivity contribution in [2.24, 2.45) is 0 Å². The molecule has 1 amide bonds. The summed E-state index contributed by atoms with van der Waals surface area (Å²) in [5.41, 5.74) is 0. The monoisotopic (exact) mass is 284 g/mol. The lowest BCUT2D eigenvalue weighted by atomic mass is 10.3. The van der Waals surface area contributed by atoms with Gasteiger partial charge in [-0.05, 0) is 25.1 Å². The number of benzene rings is 1. The Morgan fingerprint density at radius 1 is 1.53 bits per heavy atom. The minimum Gasteiger partial charge on any atom is -0.479 e. The van der Waals surface area contributed by atoms with Crippen molar-refractivity contribution in [2.75, 3.05) is 5.32 Å². The van der Waals surface area contributed by atoms with Crippen molar-refractivity contribution >= 4 is 23.3 Å². The summed E-state index contributed by atoms with van der Waals surface area (Å²) in [7, 11) is 0. The van der Waals surface area contributed by atoms with Gasteiger partial charge in [-0.1, -0.05) is 16.8 Å². The minimum absolute atomic E-state index is 0.0982. The zero-order chi connectivity index (χ0) is 13.8. The number of rotatable bonds is 4. The Bertz CT molecular complexity index is 574. The van der Waals surface area contributed by atoms with E-state index < -0.39 is 17.8 Å². The van der Waals surface area contributed by atoms with Gasteiger partial charge < -0.3 is 14.6 Å². The molecule has 0 saturated carbocycles. The van der Waals surface area contributed by atoms with Crippen molar-refractivity contribution in [2.45, 2.75) is 13.0 Å². The molecule has 1 atom stereocenters. The molecule has 1 N–H and O–H groups in total. The molecule has 0 bridgehead atoms. The zero-order valence-electron chi connectivity index (χ0n) is 9.89. The van der Waals surface area contributed by atoms with Crippen LogP contribution in [0.1, 0.15) is 6.92 Å². The summed E-state index contributed by atoms with van der Waals surface area (Å²) in [6, 6.07) is 5.16. The van der Waals surface area contributed by atoms with Crippen molar-refractivity contribution in [3.63, 3.8) is 0 Å². The van der Waals surface area contributed by atoms with E-state index >= 15 is 0 Å². The first kappa shape index (κ1) is 13.4. The highest BCUT2D eigenvalue weighted by Crippen LogP contribution is 2.25. The maximum Gasteiger partial charge on any atom is 0.266 e. The second-order valence-electron chi connectivity index (χ2n) is 3.71. The van der Waals surface area contributed by atoms with Crippen molar-refractivity contribution in [1.82, 2.24) is 5.16 Å². The highest BCUT2D eigenvalue weighted by molar-refractivity contribution is 6.32. The van der Waals surface area contributed by atoms with Crippen LogP contribution in [0.3, 0.4) is 0 Å². The molecule has 0 aliphatic heterocycles. The highest BCUT2D eigenvalue weighted by atomic mass is 35.5. The number of carbonyl (C=O) groups is 1. The van der Waals surface area contributed by atoms with E-state index in [0.29, 0.717) is 0 Å². The first-order chi connectivity index (χ1) is 9.06. The standard InChI is InChI=1S/C12H10ClFN2O3/c1-7(12(17)15-11-4-5-18-16-11)19-10-3-2-8(14)6-9(10)13/h2-7H,1H3,(H,15,16,17). The summed E-state index contributed by atoms with van der Waals surface area (Å²) in [5, 5.41) is 6.12. The van der Waals surface area contributed by atoms with Gasteiger partial charge in [0.1, 0.15) is 17.8 Å². The Labute approximate surface area is 113 Å². The fraction of sp³-hybridized carbons (Fsp3) is 0.167. The van der Waals surface area contributed by atoms with Gasteiger partial charge in [-0.2, -0.15) is 0 Å². The molecule has 5 nitrogen and oxygen atoms in total. The van der Waals surface area contributed by atoms with E-state index in [4.69, 9.17) is 16.3 Å². The van der Waals surface area contributed by atoms with Gasteiger partial charge in [0.25, 0.3) is 5.91 Å². The predicted molar refractivity (Wildman–Crippen MR) is 66.6 cm³/mol. The Balaban J connectivity index is 2.00. The molecule has 100 valence electrons. The number of aromatic nitrogens is 1. The van der Waals surface area contributed by atoms with Crippen LogP contribution >= 0.6 is 11.6 Å². The van der Waals surface area contributed by atoms with Crippen LogP contribution in [-0.2, 0) is 4.79 Å². The summed E-state index contributed by atoms with van der Waals surface area (Å²) in [6.07, 6.45) is 0.512. The molecule has 0 fully saturated rings. The first-order valence-corrected chi connectivity index (χ1v) is 5.77. The molecule has 2 rings (SSSR count). The molecule has 0 radical (unpaired) electrons. The summed E-state index contributed by atoms with van der Waals surface area (Å²) >= 11 is 5.80. The van der Waals surface area contributed by atoms with Gasteiger partial charge in [0.05, 0.1) is 5.02 Å². The van der Waals surface area contributed by atoms with Crippen LogP contribution in [-0.4, -0.2) is 17.2 Å². The van der Waals surface area contributed by atoms with Gasteiger partial charge in [0, 0.05) is 6.07 Å². The number of ether oxygens (including phenoxy) is 1. The molecule has 19 heavy (non-hydrogen) atoms. The average Bonchev–Trinajstić information content (AvgIpc) is 2.85. The van der Waals surface area contributed by atoms with Crippen LogP contribution in [0.2, 0.25) is 5.02 Å². The highest BCUT2D eigenvalue weighted by Gasteiger charge is 2.17. The van der Waals surface area contributed by atoms with E-state index in [0.717, 1.165) is 6.07 Å². The third-order valence-electron chi connectivity index (χ3n) is 2.26. The van der Waals surface area contributed by atoms with Crippen molar-refractivity contribution in [3.8, 4) is 5.75 Å². The van der Waals surface area contributed by atoms with E-state index in [2.05, 4.69) is 15.0 Å². The zero-order valence-corrected chi connectivity index (χ0v) is 10.6. The van der Waals surface area contributed by atoms with Gasteiger partial charge in [-0.15, -0.1) is 0 Å². The number of anilines is 1. The predicted octanol–water partition coefficient (Wildman–Crippen LogP) is 2.87. The van der Waals surface area contributed by atoms with E-state index in [-0.39, 0.29) is 16.6 Å². The number of carbonyl (C=O) groups excluding carboxylic acids is 1. The van der Waals surface area contributed by atoms with Gasteiger partial charge in [-0.3, -0.25) is 4.79 Å². The topological polar surface area (TPSA) is 64.4 Å². The Morgan fingerprint density at radius 2 is 2.32 bits per heavy atom. The summed E-state index contributed by atoms with van der Waals surface area (Å²) in [4.78, 5) is 11.8. The molecule has 0 aliphatic rings. The van der Waals surface area contributed by atoms with E-state index in [9.17, 15) is 9.18 Å². The number of nitrogens with one attached hydrogen (secondary N) is 1. The maximum atomic E-state index is 12.9. The molecule has 1 aromatic heterocycles. The van der Waals surface area contributed by atoms with Gasteiger partial charge >= 0.3 is 0 Å². The molecule has 0 aliphatic carbocycles. The Hall–Kier alpha value is -2.08. The smallest absolute Gasteiger partial charge is 0.266 e. The molecule has 0 saturated heterocycles. The van der Waals surface area contributed by atoms with Crippen molar-refractivity contribution < 1.29 is 18.4 Å². The van der Waals surface area contributed by atoms with Crippen LogP contribution in [0.4, 0.5) is 10.2 Å². The van der Waals surface area contributed by atoms with E-state index in [1.807, 2.05) is 0 Å². The lowest BCUT2D eigenvalue weighted by molar-refractivity contribution is -0.122. The van der Waals surface area contributed by atoms with Gasteiger partial charge in [0.15, 0.2) is 11.9 Å². The number of nitrogens with zero attached hydrogens (tertiary/aromatic N) is 1. The molecule has 0 spiro atoms. The molecule has 2 aromatic rings. The summed E-state index contributed by atoms with van der Waals surface area (Å²) < 4.78 is 22.8. The van der Waals surface area contributed by atoms with Gasteiger partial charge in [0.2, 0.25) is 0 Å². The average molecular weight is 285 g/mol. The normalized spacial score (nSPS) is 11.9. The number of amides is 1. The van der Waals surface area contributed by atoms with E-state index in [1.165, 1.54) is 31.4 Å². The Morgan fingerprint density at radius 3 is 2.95 bits per heavy atom. The lowest BCUT2D eigenvalue weighted by Gasteiger charge is -2.14.